The molecule has 1 heterocycles. The number of carbonyl (C=O) groups is 3. The Bertz CT molecular complexity index is 343. The number of rotatable bonds is 5. The number of likely N-dealkylation sites (N-methyl/N-ethyl adjacent to an activating group) is 1. The molecule has 0 aromatic rings. The maximum Gasteiger partial charge on any atom is 0.325 e. The van der Waals surface area contributed by atoms with Crippen LogP contribution in [0.4, 0.5) is 4.79 Å². The first-order valence-corrected chi connectivity index (χ1v) is 5.79. The molecule has 0 aliphatic carbocycles. The summed E-state index contributed by atoms with van der Waals surface area (Å²) in [5.41, 5.74) is -0.860. The molecule has 6 heteroatoms. The highest BCUT2D eigenvalue weighted by Gasteiger charge is 2.47. The topological polar surface area (TPSA) is 78.5 Å². The third-order valence-electron chi connectivity index (χ3n) is 2.96. The Morgan fingerprint density at radius 3 is 2.65 bits per heavy atom. The zero-order chi connectivity index (χ0) is 13.1. The van der Waals surface area contributed by atoms with Crippen LogP contribution in [0.25, 0.3) is 0 Å². The highest BCUT2D eigenvalue weighted by atomic mass is 16.2. The molecule has 0 bridgehead atoms. The van der Waals surface area contributed by atoms with Crippen molar-refractivity contribution in [1.82, 2.24) is 15.5 Å². The van der Waals surface area contributed by atoms with Crippen molar-refractivity contribution in [2.75, 3.05) is 13.6 Å². The number of imide groups is 1. The van der Waals surface area contributed by atoms with Gasteiger partial charge in [0.15, 0.2) is 0 Å². The summed E-state index contributed by atoms with van der Waals surface area (Å²) in [6, 6.07) is -0.489. The van der Waals surface area contributed by atoms with E-state index in [0.717, 1.165) is 17.7 Å². The third-order valence-corrected chi connectivity index (χ3v) is 2.96. The summed E-state index contributed by atoms with van der Waals surface area (Å²) in [4.78, 5) is 35.9. The predicted octanol–water partition coefficient (Wildman–Crippen LogP) is 0.233. The Balaban J connectivity index is 2.74. The normalized spacial score (nSPS) is 23.8. The van der Waals surface area contributed by atoms with E-state index in [2.05, 4.69) is 10.6 Å². The molecule has 1 rings (SSSR count). The summed E-state index contributed by atoms with van der Waals surface area (Å²) in [6.07, 6.45) is 2.41. The van der Waals surface area contributed by atoms with Gasteiger partial charge in [-0.05, 0) is 13.3 Å². The first-order valence-electron chi connectivity index (χ1n) is 5.79. The van der Waals surface area contributed by atoms with Crippen LogP contribution in [0.15, 0.2) is 0 Å². The molecule has 2 N–H and O–H groups in total. The molecular formula is C11H19N3O3. The van der Waals surface area contributed by atoms with Gasteiger partial charge in [-0.1, -0.05) is 19.8 Å². The molecular weight excluding hydrogens is 222 g/mol. The van der Waals surface area contributed by atoms with E-state index in [1.807, 2.05) is 6.92 Å². The van der Waals surface area contributed by atoms with Crippen molar-refractivity contribution in [2.24, 2.45) is 0 Å². The smallest absolute Gasteiger partial charge is 0.325 e. The first-order chi connectivity index (χ1) is 7.94. The zero-order valence-electron chi connectivity index (χ0n) is 10.5. The Labute approximate surface area is 101 Å². The largest absolute Gasteiger partial charge is 0.358 e. The molecule has 0 aromatic heterocycles. The van der Waals surface area contributed by atoms with E-state index in [4.69, 9.17) is 0 Å². The van der Waals surface area contributed by atoms with Gasteiger partial charge in [0, 0.05) is 7.05 Å². The molecule has 17 heavy (non-hydrogen) atoms. The van der Waals surface area contributed by atoms with Crippen molar-refractivity contribution in [3.63, 3.8) is 0 Å². The standard InChI is InChI=1S/C11H19N3O3/c1-4-5-6-11(2)9(16)14(10(17)13-11)7-8(15)12-3/h4-7H2,1-3H3,(H,12,15)(H,13,17). The molecule has 0 aromatic carbocycles. The van der Waals surface area contributed by atoms with Crippen LogP contribution < -0.4 is 10.6 Å². The molecule has 1 saturated heterocycles. The Morgan fingerprint density at radius 2 is 2.12 bits per heavy atom. The molecule has 0 radical (unpaired) electrons. The van der Waals surface area contributed by atoms with Gasteiger partial charge in [0.1, 0.15) is 12.1 Å². The van der Waals surface area contributed by atoms with E-state index in [9.17, 15) is 14.4 Å². The molecule has 1 aliphatic rings. The minimum Gasteiger partial charge on any atom is -0.358 e. The van der Waals surface area contributed by atoms with E-state index in [-0.39, 0.29) is 18.4 Å². The maximum atomic E-state index is 12.1. The molecule has 1 atom stereocenters. The molecule has 0 saturated carbocycles. The number of hydrogen-bond donors (Lipinski definition) is 2. The molecule has 4 amide bonds. The average Bonchev–Trinajstić information content (AvgIpc) is 2.50. The number of carbonyl (C=O) groups excluding carboxylic acids is 3. The highest BCUT2D eigenvalue weighted by molar-refractivity contribution is 6.08. The van der Waals surface area contributed by atoms with E-state index in [1.165, 1.54) is 7.05 Å². The SMILES string of the molecule is CCCCC1(C)NC(=O)N(CC(=O)NC)C1=O. The van der Waals surface area contributed by atoms with Crippen molar-refractivity contribution in [3.8, 4) is 0 Å². The molecule has 0 spiro atoms. The summed E-state index contributed by atoms with van der Waals surface area (Å²) >= 11 is 0. The summed E-state index contributed by atoms with van der Waals surface area (Å²) in [5.74, 6) is -0.673. The lowest BCUT2D eigenvalue weighted by atomic mass is 9.95. The van der Waals surface area contributed by atoms with E-state index < -0.39 is 11.6 Å². The molecule has 1 fully saturated rings. The number of hydrogen-bond acceptors (Lipinski definition) is 3. The van der Waals surface area contributed by atoms with Crippen LogP contribution in [0, 0.1) is 0 Å². The minimum atomic E-state index is -0.860. The number of nitrogens with one attached hydrogen (secondary N) is 2. The Kier molecular flexibility index (Phi) is 4.09. The van der Waals surface area contributed by atoms with Crippen LogP contribution in [-0.4, -0.2) is 41.9 Å². The van der Waals surface area contributed by atoms with Gasteiger partial charge in [0.25, 0.3) is 5.91 Å². The molecule has 1 unspecified atom stereocenters. The lowest BCUT2D eigenvalue weighted by Gasteiger charge is -2.20. The second-order valence-corrected chi connectivity index (χ2v) is 4.43. The van der Waals surface area contributed by atoms with Crippen molar-refractivity contribution >= 4 is 17.8 Å². The second-order valence-electron chi connectivity index (χ2n) is 4.43. The number of nitrogens with zero attached hydrogens (tertiary/aromatic N) is 1. The monoisotopic (exact) mass is 241 g/mol. The van der Waals surface area contributed by atoms with Crippen LogP contribution in [0.2, 0.25) is 0 Å². The van der Waals surface area contributed by atoms with Gasteiger partial charge < -0.3 is 10.6 Å². The second kappa shape index (κ2) is 5.16. The molecule has 6 nitrogen and oxygen atoms in total. The van der Waals surface area contributed by atoms with Crippen molar-refractivity contribution in [2.45, 2.75) is 38.6 Å². The fourth-order valence-corrected chi connectivity index (χ4v) is 1.81. The quantitative estimate of drug-likeness (QED) is 0.676. The summed E-state index contributed by atoms with van der Waals surface area (Å²) in [5, 5.41) is 5.04. The lowest BCUT2D eigenvalue weighted by Crippen LogP contribution is -2.44. The molecule has 1 aliphatic heterocycles. The van der Waals surface area contributed by atoms with Gasteiger partial charge in [0.05, 0.1) is 0 Å². The van der Waals surface area contributed by atoms with Gasteiger partial charge >= 0.3 is 6.03 Å². The van der Waals surface area contributed by atoms with E-state index in [1.54, 1.807) is 6.92 Å². The number of unbranched alkanes of at least 4 members (excludes halogenated alkanes) is 1. The van der Waals surface area contributed by atoms with Crippen LogP contribution in [0.5, 0.6) is 0 Å². The van der Waals surface area contributed by atoms with Crippen LogP contribution >= 0.6 is 0 Å². The van der Waals surface area contributed by atoms with Crippen LogP contribution in [0.3, 0.4) is 0 Å². The average molecular weight is 241 g/mol. The van der Waals surface area contributed by atoms with Crippen LogP contribution in [0.1, 0.15) is 33.1 Å². The van der Waals surface area contributed by atoms with Crippen molar-refractivity contribution in [1.29, 1.82) is 0 Å². The lowest BCUT2D eigenvalue weighted by molar-refractivity contribution is -0.134. The zero-order valence-corrected chi connectivity index (χ0v) is 10.5. The van der Waals surface area contributed by atoms with Gasteiger partial charge in [-0.2, -0.15) is 0 Å². The summed E-state index contributed by atoms with van der Waals surface area (Å²) in [6.45, 7) is 3.50. The van der Waals surface area contributed by atoms with Crippen molar-refractivity contribution in [3.05, 3.63) is 0 Å². The fourth-order valence-electron chi connectivity index (χ4n) is 1.81. The summed E-state index contributed by atoms with van der Waals surface area (Å²) in [7, 11) is 1.47. The minimum absolute atomic E-state index is 0.219. The summed E-state index contributed by atoms with van der Waals surface area (Å²) < 4.78 is 0. The van der Waals surface area contributed by atoms with E-state index in [0.29, 0.717) is 6.42 Å². The molecule has 96 valence electrons. The van der Waals surface area contributed by atoms with Gasteiger partial charge in [-0.15, -0.1) is 0 Å². The Hall–Kier alpha value is -1.59. The first kappa shape index (κ1) is 13.5. The van der Waals surface area contributed by atoms with E-state index >= 15 is 0 Å². The van der Waals surface area contributed by atoms with Crippen molar-refractivity contribution < 1.29 is 14.4 Å². The van der Waals surface area contributed by atoms with Gasteiger partial charge in [0.2, 0.25) is 5.91 Å². The highest BCUT2D eigenvalue weighted by Crippen LogP contribution is 2.23. The number of amides is 4. The van der Waals surface area contributed by atoms with Gasteiger partial charge in [-0.3, -0.25) is 14.5 Å². The predicted molar refractivity (Wildman–Crippen MR) is 62.2 cm³/mol. The van der Waals surface area contributed by atoms with Gasteiger partial charge in [-0.25, -0.2) is 4.79 Å². The Morgan fingerprint density at radius 1 is 1.47 bits per heavy atom. The van der Waals surface area contributed by atoms with Crippen LogP contribution in [-0.2, 0) is 9.59 Å². The maximum absolute atomic E-state index is 12.1. The fraction of sp³-hybridized carbons (Fsp3) is 0.727. The number of urea groups is 1. The third kappa shape index (κ3) is 2.75.